The van der Waals surface area contributed by atoms with E-state index in [1.54, 1.807) is 0 Å². The summed E-state index contributed by atoms with van der Waals surface area (Å²) in [5.74, 6) is 3.08. The number of piperidine rings is 1. The first kappa shape index (κ1) is 18.7. The predicted molar refractivity (Wildman–Crippen MR) is 111 cm³/mol. The number of para-hydroxylation sites is 1. The molecule has 6 heteroatoms. The van der Waals surface area contributed by atoms with Crippen LogP contribution in [0.4, 0.5) is 5.82 Å². The fourth-order valence-corrected chi connectivity index (χ4v) is 5.49. The van der Waals surface area contributed by atoms with E-state index < -0.39 is 0 Å². The lowest BCUT2D eigenvalue weighted by Gasteiger charge is -2.43. The molecule has 2 fully saturated rings. The van der Waals surface area contributed by atoms with Crippen LogP contribution in [0.2, 0.25) is 0 Å². The Morgan fingerprint density at radius 2 is 2.00 bits per heavy atom. The minimum absolute atomic E-state index is 0.125. The molecule has 1 aromatic heterocycles. The van der Waals surface area contributed by atoms with Gasteiger partial charge in [0.25, 0.3) is 0 Å². The lowest BCUT2D eigenvalue weighted by atomic mass is 9.71. The van der Waals surface area contributed by atoms with Gasteiger partial charge >= 0.3 is 0 Å². The fraction of sp³-hybridized carbons (Fsp3) is 0.565. The number of aliphatic hydroxyl groups excluding tert-OH is 1. The van der Waals surface area contributed by atoms with Crippen LogP contribution in [0.3, 0.4) is 0 Å². The number of aliphatic hydroxyl groups is 1. The van der Waals surface area contributed by atoms with E-state index in [0.29, 0.717) is 16.9 Å². The summed E-state index contributed by atoms with van der Waals surface area (Å²) in [6.45, 7) is 6.47. The third-order valence-corrected chi connectivity index (χ3v) is 7.34. The predicted octanol–water partition coefficient (Wildman–Crippen LogP) is 4.08. The summed E-state index contributed by atoms with van der Waals surface area (Å²) in [6, 6.07) is 5.80. The van der Waals surface area contributed by atoms with Gasteiger partial charge in [-0.15, -0.1) is 0 Å². The molecule has 1 aromatic carbocycles. The van der Waals surface area contributed by atoms with Gasteiger partial charge in [0, 0.05) is 18.7 Å². The van der Waals surface area contributed by atoms with E-state index in [-0.39, 0.29) is 13.4 Å². The second-order valence-electron chi connectivity index (χ2n) is 8.77. The first-order chi connectivity index (χ1) is 14.1. The molecule has 5 rings (SSSR count). The number of benzene rings is 1. The normalized spacial score (nSPS) is 22.4. The van der Waals surface area contributed by atoms with Gasteiger partial charge in [0.1, 0.15) is 5.69 Å². The van der Waals surface area contributed by atoms with Crippen LogP contribution in [0.5, 0.6) is 11.5 Å². The van der Waals surface area contributed by atoms with E-state index in [2.05, 4.69) is 11.8 Å². The molecule has 0 amide bonds. The van der Waals surface area contributed by atoms with Gasteiger partial charge in [-0.05, 0) is 49.7 Å². The summed E-state index contributed by atoms with van der Waals surface area (Å²) in [7, 11) is 0. The molecule has 3 heterocycles. The van der Waals surface area contributed by atoms with Crippen molar-refractivity contribution in [3.8, 4) is 22.8 Å². The first-order valence-corrected chi connectivity index (χ1v) is 10.7. The molecular weight excluding hydrogens is 366 g/mol. The third-order valence-electron chi connectivity index (χ3n) is 7.34. The van der Waals surface area contributed by atoms with E-state index in [9.17, 15) is 5.11 Å². The number of hydrogen-bond acceptors (Lipinski definition) is 6. The Balaban J connectivity index is 1.46. The molecule has 3 aliphatic rings. The summed E-state index contributed by atoms with van der Waals surface area (Å²) < 4.78 is 11.2. The third kappa shape index (κ3) is 3.05. The number of rotatable bonds is 3. The van der Waals surface area contributed by atoms with Crippen LogP contribution < -0.4 is 14.4 Å². The van der Waals surface area contributed by atoms with Crippen molar-refractivity contribution in [1.82, 2.24) is 9.97 Å². The quantitative estimate of drug-likeness (QED) is 0.845. The topological polar surface area (TPSA) is 67.7 Å². The lowest BCUT2D eigenvalue weighted by Crippen LogP contribution is -2.42. The molecule has 1 spiro atoms. The van der Waals surface area contributed by atoms with Crippen LogP contribution >= 0.6 is 0 Å². The molecule has 29 heavy (non-hydrogen) atoms. The molecule has 1 saturated heterocycles. The molecule has 6 nitrogen and oxygen atoms in total. The van der Waals surface area contributed by atoms with Crippen LogP contribution in [0, 0.1) is 18.3 Å². The highest BCUT2D eigenvalue weighted by atomic mass is 16.7. The Kier molecular flexibility index (Phi) is 4.62. The van der Waals surface area contributed by atoms with Gasteiger partial charge in [0.2, 0.25) is 6.79 Å². The largest absolute Gasteiger partial charge is 0.454 e. The van der Waals surface area contributed by atoms with E-state index in [1.165, 1.54) is 32.1 Å². The molecule has 2 aliphatic heterocycles. The monoisotopic (exact) mass is 395 g/mol. The second kappa shape index (κ2) is 7.17. The zero-order valence-electron chi connectivity index (χ0n) is 17.3. The van der Waals surface area contributed by atoms with Crippen molar-refractivity contribution in [2.75, 3.05) is 24.8 Å². The summed E-state index contributed by atoms with van der Waals surface area (Å²) in [4.78, 5) is 12.1. The molecule has 0 unspecified atom stereocenters. The fourth-order valence-electron chi connectivity index (χ4n) is 5.49. The summed E-state index contributed by atoms with van der Waals surface area (Å²) in [5.41, 5.74) is 3.61. The number of aromatic nitrogens is 2. The Labute approximate surface area is 171 Å². The van der Waals surface area contributed by atoms with Crippen molar-refractivity contribution in [2.45, 2.75) is 52.6 Å². The average molecular weight is 396 g/mol. The van der Waals surface area contributed by atoms with E-state index >= 15 is 0 Å². The van der Waals surface area contributed by atoms with Crippen LogP contribution in [-0.2, 0) is 6.61 Å². The van der Waals surface area contributed by atoms with Gasteiger partial charge in [-0.25, -0.2) is 9.97 Å². The van der Waals surface area contributed by atoms with Gasteiger partial charge in [0.05, 0.1) is 18.0 Å². The molecule has 0 radical (unpaired) electrons. The molecule has 1 atom stereocenters. The molecular formula is C23H29N3O3. The molecule has 0 bridgehead atoms. The number of aryl methyl sites for hydroxylation is 1. The van der Waals surface area contributed by atoms with Crippen molar-refractivity contribution < 1.29 is 14.6 Å². The standard InChI is InChI=1S/C23H29N3O3/c1-15-5-4-8-23(15)9-11-26(12-10-23)22-18(13-27)25-20(16(2)24-22)17-6-3-7-19-21(17)29-14-28-19/h3,6-7,15,27H,4-5,8-14H2,1-2H3/t15-/m1/s1. The second-order valence-corrected chi connectivity index (χ2v) is 8.77. The van der Waals surface area contributed by atoms with Crippen LogP contribution in [0.1, 0.15) is 50.4 Å². The van der Waals surface area contributed by atoms with Crippen molar-refractivity contribution in [1.29, 1.82) is 0 Å². The van der Waals surface area contributed by atoms with Gasteiger partial charge < -0.3 is 19.5 Å². The maximum absolute atomic E-state index is 10.1. The van der Waals surface area contributed by atoms with Gasteiger partial charge in [-0.3, -0.25) is 0 Å². The Hall–Kier alpha value is -2.34. The van der Waals surface area contributed by atoms with Crippen molar-refractivity contribution >= 4 is 5.82 Å². The Morgan fingerprint density at radius 1 is 1.17 bits per heavy atom. The minimum Gasteiger partial charge on any atom is -0.454 e. The van der Waals surface area contributed by atoms with Crippen molar-refractivity contribution in [3.05, 3.63) is 29.6 Å². The lowest BCUT2D eigenvalue weighted by molar-refractivity contribution is 0.161. The maximum Gasteiger partial charge on any atom is 0.231 e. The van der Waals surface area contributed by atoms with Crippen molar-refractivity contribution in [3.63, 3.8) is 0 Å². The van der Waals surface area contributed by atoms with Gasteiger partial charge in [-0.2, -0.15) is 0 Å². The van der Waals surface area contributed by atoms with Crippen LogP contribution in [0.25, 0.3) is 11.3 Å². The van der Waals surface area contributed by atoms with E-state index in [1.807, 2.05) is 25.1 Å². The number of anilines is 1. The highest BCUT2D eigenvalue weighted by Crippen LogP contribution is 2.50. The summed E-state index contributed by atoms with van der Waals surface area (Å²) in [6.07, 6.45) is 6.50. The zero-order valence-corrected chi connectivity index (χ0v) is 17.3. The average Bonchev–Trinajstić information content (AvgIpc) is 3.36. The molecule has 154 valence electrons. The molecule has 2 aromatic rings. The number of hydrogen-bond donors (Lipinski definition) is 1. The van der Waals surface area contributed by atoms with Gasteiger partial charge in [-0.1, -0.05) is 25.8 Å². The Bertz CT molecular complexity index is 922. The number of ether oxygens (including phenoxy) is 2. The number of fused-ring (bicyclic) bond motifs is 1. The van der Waals surface area contributed by atoms with E-state index in [4.69, 9.17) is 19.4 Å². The zero-order chi connectivity index (χ0) is 20.0. The van der Waals surface area contributed by atoms with Crippen molar-refractivity contribution in [2.24, 2.45) is 11.3 Å². The molecule has 1 N–H and O–H groups in total. The minimum atomic E-state index is -0.125. The summed E-state index contributed by atoms with van der Waals surface area (Å²) >= 11 is 0. The maximum atomic E-state index is 10.1. The Morgan fingerprint density at radius 3 is 2.72 bits per heavy atom. The van der Waals surface area contributed by atoms with Crippen LogP contribution in [-0.4, -0.2) is 35.0 Å². The smallest absolute Gasteiger partial charge is 0.231 e. The molecule has 1 saturated carbocycles. The van der Waals surface area contributed by atoms with E-state index in [0.717, 1.165) is 47.5 Å². The van der Waals surface area contributed by atoms with Gasteiger partial charge in [0.15, 0.2) is 17.3 Å². The highest BCUT2D eigenvalue weighted by Gasteiger charge is 2.42. The molecule has 1 aliphatic carbocycles. The number of nitrogens with zero attached hydrogens (tertiary/aromatic N) is 3. The highest BCUT2D eigenvalue weighted by molar-refractivity contribution is 5.74. The SMILES string of the molecule is Cc1nc(N2CCC3(CCC[C@H]3C)CC2)c(CO)nc1-c1cccc2c1OCO2. The summed E-state index contributed by atoms with van der Waals surface area (Å²) in [5, 5.41) is 10.1. The van der Waals surface area contributed by atoms with Crippen LogP contribution in [0.15, 0.2) is 18.2 Å². The first-order valence-electron chi connectivity index (χ1n) is 10.7.